The number of benzene rings is 4. The van der Waals surface area contributed by atoms with Crippen LogP contribution in [0.2, 0.25) is 0 Å². The van der Waals surface area contributed by atoms with Gasteiger partial charge in [0.05, 0.1) is 19.7 Å². The van der Waals surface area contributed by atoms with Crippen LogP contribution < -0.4 is 21.7 Å². The van der Waals surface area contributed by atoms with Gasteiger partial charge in [-0.15, -0.1) is 0 Å². The van der Waals surface area contributed by atoms with Gasteiger partial charge in [-0.1, -0.05) is 66.7 Å². The summed E-state index contributed by atoms with van der Waals surface area (Å²) < 4.78 is 17.6. The monoisotopic (exact) mass is 540 g/mol. The Morgan fingerprint density at radius 2 is 1.21 bits per heavy atom. The molecule has 0 saturated heterocycles. The van der Waals surface area contributed by atoms with E-state index in [4.69, 9.17) is 13.9 Å². The molecule has 0 spiro atoms. The predicted octanol–water partition coefficient (Wildman–Crippen LogP) is 4.68. The fraction of sp³-hybridized carbons (Fsp3) is 0.0968. The molecule has 1 N–H and O–H groups in total. The van der Waals surface area contributed by atoms with E-state index in [0.717, 1.165) is 15.9 Å². The number of hydrogen-bond donors (Lipinski definition) is 1. The SMILES string of the molecule is COC(=O)[C@@H](/C(=C(/O)OC)[P+](c1ccccc1)(c1ccccc1)c1ccccc1)n1c(=O)oc2ccccc21. The number of carbonyl (C=O) groups excluding carboxylic acids is 1. The number of esters is 1. The van der Waals surface area contributed by atoms with Crippen LogP contribution in [0.1, 0.15) is 6.04 Å². The van der Waals surface area contributed by atoms with Gasteiger partial charge >= 0.3 is 17.7 Å². The maximum absolute atomic E-state index is 13.8. The van der Waals surface area contributed by atoms with Crippen molar-refractivity contribution in [1.29, 1.82) is 0 Å². The van der Waals surface area contributed by atoms with Crippen LogP contribution in [0.5, 0.6) is 0 Å². The molecule has 1 aromatic heterocycles. The van der Waals surface area contributed by atoms with Crippen molar-refractivity contribution in [2.75, 3.05) is 14.2 Å². The lowest BCUT2D eigenvalue weighted by atomic mass is 10.2. The predicted molar refractivity (Wildman–Crippen MR) is 153 cm³/mol. The largest absolute Gasteiger partial charge is 0.478 e. The molecule has 0 saturated carbocycles. The highest BCUT2D eigenvalue weighted by Gasteiger charge is 2.58. The number of aliphatic hydroxyl groups excluding tert-OH is 1. The van der Waals surface area contributed by atoms with Gasteiger partial charge in [0.15, 0.2) is 12.8 Å². The minimum absolute atomic E-state index is 0.203. The Morgan fingerprint density at radius 3 is 1.67 bits per heavy atom. The number of para-hydroxylation sites is 2. The van der Waals surface area contributed by atoms with Crippen molar-refractivity contribution in [3.8, 4) is 0 Å². The second-order valence-electron chi connectivity index (χ2n) is 8.70. The number of hydrogen-bond acceptors (Lipinski definition) is 6. The number of aromatic nitrogens is 1. The van der Waals surface area contributed by atoms with Crippen molar-refractivity contribution in [2.45, 2.75) is 6.04 Å². The molecule has 0 aliphatic carbocycles. The fourth-order valence-corrected chi connectivity index (χ4v) is 9.60. The number of nitrogens with zero attached hydrogens (tertiary/aromatic N) is 1. The van der Waals surface area contributed by atoms with Crippen LogP contribution in [0.25, 0.3) is 11.1 Å². The summed E-state index contributed by atoms with van der Waals surface area (Å²) in [4.78, 5) is 27.2. The van der Waals surface area contributed by atoms with E-state index in [0.29, 0.717) is 11.1 Å². The zero-order valence-corrected chi connectivity index (χ0v) is 22.3. The molecule has 0 amide bonds. The molecule has 1 atom stereocenters. The summed E-state index contributed by atoms with van der Waals surface area (Å²) in [5.41, 5.74) is 0.683. The molecule has 5 aromatic rings. The van der Waals surface area contributed by atoms with Gasteiger partial charge in [0.2, 0.25) is 11.4 Å². The van der Waals surface area contributed by atoms with Gasteiger partial charge in [0.25, 0.3) is 0 Å². The van der Waals surface area contributed by atoms with E-state index in [1.165, 1.54) is 18.8 Å². The molecular weight excluding hydrogens is 513 g/mol. The molecule has 196 valence electrons. The van der Waals surface area contributed by atoms with E-state index in [1.54, 1.807) is 24.3 Å². The highest BCUT2D eigenvalue weighted by molar-refractivity contribution is 7.99. The number of rotatable bonds is 8. The zero-order valence-electron chi connectivity index (χ0n) is 21.4. The van der Waals surface area contributed by atoms with Crippen molar-refractivity contribution < 1.29 is 23.8 Å². The van der Waals surface area contributed by atoms with Crippen LogP contribution in [0.4, 0.5) is 0 Å². The molecule has 39 heavy (non-hydrogen) atoms. The molecule has 4 aromatic carbocycles. The van der Waals surface area contributed by atoms with Crippen LogP contribution in [0, 0.1) is 0 Å². The summed E-state index contributed by atoms with van der Waals surface area (Å²) in [5.74, 6) is -2.00. The molecule has 1 heterocycles. The number of ether oxygens (including phenoxy) is 2. The lowest BCUT2D eigenvalue weighted by molar-refractivity contribution is -0.143. The summed E-state index contributed by atoms with van der Waals surface area (Å²) in [5, 5.41) is 14.4. The normalized spacial score (nSPS) is 13.0. The fourth-order valence-electron chi connectivity index (χ4n) is 5.05. The van der Waals surface area contributed by atoms with Crippen LogP contribution in [0.3, 0.4) is 0 Å². The molecule has 0 radical (unpaired) electrons. The molecule has 0 aliphatic rings. The molecule has 5 rings (SSSR count). The van der Waals surface area contributed by atoms with Crippen LogP contribution >= 0.6 is 7.26 Å². The van der Waals surface area contributed by atoms with Crippen molar-refractivity contribution in [3.63, 3.8) is 0 Å². The summed E-state index contributed by atoms with van der Waals surface area (Å²) in [6.07, 6.45) is 0. The van der Waals surface area contributed by atoms with E-state index >= 15 is 0 Å². The Kier molecular flexibility index (Phi) is 7.35. The minimum Gasteiger partial charge on any atom is -0.478 e. The average molecular weight is 541 g/mol. The van der Waals surface area contributed by atoms with Gasteiger partial charge in [0.1, 0.15) is 15.9 Å². The third-order valence-electron chi connectivity index (χ3n) is 6.66. The quantitative estimate of drug-likeness (QED) is 0.175. The molecule has 0 unspecified atom stereocenters. The van der Waals surface area contributed by atoms with Crippen LogP contribution in [-0.4, -0.2) is 29.9 Å². The van der Waals surface area contributed by atoms with Crippen LogP contribution in [0.15, 0.2) is 136 Å². The summed E-state index contributed by atoms with van der Waals surface area (Å²) in [6.45, 7) is 0. The summed E-state index contributed by atoms with van der Waals surface area (Å²) in [6, 6.07) is 34.3. The average Bonchev–Trinajstić information content (AvgIpc) is 3.33. The van der Waals surface area contributed by atoms with Crippen molar-refractivity contribution in [2.24, 2.45) is 0 Å². The number of carbonyl (C=O) groups is 1. The minimum atomic E-state index is -3.10. The Hall–Kier alpha value is -4.61. The first-order valence-electron chi connectivity index (χ1n) is 12.3. The van der Waals surface area contributed by atoms with E-state index in [9.17, 15) is 14.7 Å². The van der Waals surface area contributed by atoms with E-state index < -0.39 is 31.0 Å². The molecule has 0 aliphatic heterocycles. The maximum atomic E-state index is 13.8. The summed E-state index contributed by atoms with van der Waals surface area (Å²) >= 11 is 0. The third kappa shape index (κ3) is 4.41. The van der Waals surface area contributed by atoms with Gasteiger partial charge < -0.3 is 19.0 Å². The van der Waals surface area contributed by atoms with Gasteiger partial charge in [-0.3, -0.25) is 4.57 Å². The molecular formula is C31H27NO6P+. The molecule has 0 fully saturated rings. The number of aliphatic hydroxyl groups is 1. The maximum Gasteiger partial charge on any atom is 0.421 e. The second kappa shape index (κ2) is 11.0. The van der Waals surface area contributed by atoms with Gasteiger partial charge in [-0.25, -0.2) is 9.59 Å². The Bertz CT molecular complexity index is 1580. The summed E-state index contributed by atoms with van der Waals surface area (Å²) in [7, 11) is -0.519. The number of methoxy groups -OCH3 is 2. The highest BCUT2D eigenvalue weighted by Crippen LogP contribution is 2.66. The topological polar surface area (TPSA) is 90.9 Å². The van der Waals surface area contributed by atoms with Gasteiger partial charge in [-0.2, -0.15) is 0 Å². The molecule has 0 bridgehead atoms. The number of oxazole rings is 1. The molecule has 8 heteroatoms. The smallest absolute Gasteiger partial charge is 0.421 e. The van der Waals surface area contributed by atoms with Gasteiger partial charge in [0, 0.05) is 0 Å². The van der Waals surface area contributed by atoms with E-state index in [1.807, 2.05) is 91.0 Å². The second-order valence-corrected chi connectivity index (χ2v) is 12.1. The molecule has 7 nitrogen and oxygen atoms in total. The van der Waals surface area contributed by atoms with E-state index in [2.05, 4.69) is 0 Å². The lowest BCUT2D eigenvalue weighted by Crippen LogP contribution is -2.39. The first-order valence-corrected chi connectivity index (χ1v) is 14.0. The van der Waals surface area contributed by atoms with Crippen molar-refractivity contribution in [1.82, 2.24) is 4.57 Å². The zero-order chi connectivity index (χ0) is 27.4. The standard InChI is InChI=1S/C31H26NO6P/c1-36-29(33)27(32-25-20-12-13-21-26(25)38-31(32)35)28(30(34)37-2)39(22-14-6-3-7-15-22,23-16-8-4-9-17-23)24-18-10-5-11-19-24/h3-21,27H,1-2H3/p+1/b30-28+/t27-/m1/s1. The third-order valence-corrected chi connectivity index (χ3v) is 11.0. The van der Waals surface area contributed by atoms with E-state index in [-0.39, 0.29) is 5.31 Å². The number of fused-ring (bicyclic) bond motifs is 1. The lowest BCUT2D eigenvalue weighted by Gasteiger charge is -2.32. The Morgan fingerprint density at radius 1 is 0.744 bits per heavy atom. The highest BCUT2D eigenvalue weighted by atomic mass is 31.2. The van der Waals surface area contributed by atoms with Crippen molar-refractivity contribution >= 4 is 40.2 Å². The van der Waals surface area contributed by atoms with Crippen LogP contribution in [-0.2, 0) is 14.3 Å². The Labute approximate surface area is 225 Å². The van der Waals surface area contributed by atoms with Gasteiger partial charge in [-0.05, 0) is 48.5 Å². The first-order chi connectivity index (χ1) is 19.0. The van der Waals surface area contributed by atoms with Crippen molar-refractivity contribution in [3.05, 3.63) is 137 Å². The Balaban J connectivity index is 2.00. The first kappa shape index (κ1) is 26.0.